The van der Waals surface area contributed by atoms with Gasteiger partial charge in [0.1, 0.15) is 6.10 Å². The molecule has 2 rings (SSSR count). The smallest absolute Gasteiger partial charge is 0.340 e. The Morgan fingerprint density at radius 1 is 1.24 bits per heavy atom. The molecule has 1 fully saturated rings. The fourth-order valence-corrected chi connectivity index (χ4v) is 3.83. The molecule has 0 spiro atoms. The third-order valence-electron chi connectivity index (χ3n) is 3.33. The van der Waals surface area contributed by atoms with Crippen molar-refractivity contribution in [2.24, 2.45) is 0 Å². The van der Waals surface area contributed by atoms with Gasteiger partial charge in [0.25, 0.3) is 9.05 Å². The summed E-state index contributed by atoms with van der Waals surface area (Å²) in [6, 6.07) is 2.39. The van der Waals surface area contributed by atoms with E-state index in [0.717, 1.165) is 38.2 Å². The maximum Gasteiger partial charge on any atom is 0.340 e. The summed E-state index contributed by atoms with van der Waals surface area (Å²) < 4.78 is 28.5. The maximum atomic E-state index is 12.2. The quantitative estimate of drug-likeness (QED) is 0.537. The fourth-order valence-electron chi connectivity index (χ4n) is 2.25. The van der Waals surface area contributed by atoms with Gasteiger partial charge in [0.2, 0.25) is 0 Å². The van der Waals surface area contributed by atoms with Crippen LogP contribution in [0.15, 0.2) is 21.5 Å². The summed E-state index contributed by atoms with van der Waals surface area (Å²) in [5.74, 6) is -0.630. The Hall–Kier alpha value is -0.300. The molecule has 116 valence electrons. The first-order chi connectivity index (χ1) is 9.79. The molecule has 0 bridgehead atoms. The summed E-state index contributed by atoms with van der Waals surface area (Å²) in [6.07, 6.45) is 4.67. The largest absolute Gasteiger partial charge is 0.459 e. The number of esters is 1. The molecular formula is C13H13BrCl2O4S. The molecule has 1 aromatic carbocycles. The van der Waals surface area contributed by atoms with Gasteiger partial charge in [-0.25, -0.2) is 13.2 Å². The molecule has 0 radical (unpaired) electrons. The molecule has 8 heteroatoms. The summed E-state index contributed by atoms with van der Waals surface area (Å²) in [6.45, 7) is 0. The van der Waals surface area contributed by atoms with Gasteiger partial charge in [-0.3, -0.25) is 0 Å². The standard InChI is InChI=1S/C13H13BrCl2O4S/c14-11-7-9(21(16,18)19)6-10(12(11)15)13(17)20-8-4-2-1-3-5-8/h6-8H,1-5H2. The Bertz CT molecular complexity index is 654. The lowest BCUT2D eigenvalue weighted by Crippen LogP contribution is -2.21. The van der Waals surface area contributed by atoms with E-state index < -0.39 is 15.0 Å². The summed E-state index contributed by atoms with van der Waals surface area (Å²) in [4.78, 5) is 12.0. The zero-order valence-electron chi connectivity index (χ0n) is 10.9. The van der Waals surface area contributed by atoms with Crippen LogP contribution >= 0.6 is 38.2 Å². The average molecular weight is 416 g/mol. The molecule has 0 N–H and O–H groups in total. The van der Waals surface area contributed by atoms with Crippen molar-refractivity contribution in [2.75, 3.05) is 0 Å². The molecule has 0 aliphatic heterocycles. The van der Waals surface area contributed by atoms with Crippen LogP contribution in [0.5, 0.6) is 0 Å². The predicted molar refractivity (Wildman–Crippen MR) is 84.5 cm³/mol. The summed E-state index contributed by atoms with van der Waals surface area (Å²) in [5, 5.41) is 0.111. The van der Waals surface area contributed by atoms with Crippen LogP contribution in [0, 0.1) is 0 Å². The van der Waals surface area contributed by atoms with Crippen molar-refractivity contribution < 1.29 is 17.9 Å². The molecule has 1 saturated carbocycles. The predicted octanol–water partition coefficient (Wildman–Crippen LogP) is 4.52. The minimum atomic E-state index is -3.96. The van der Waals surface area contributed by atoms with Crippen molar-refractivity contribution in [3.05, 3.63) is 27.2 Å². The number of ether oxygens (including phenoxy) is 1. The van der Waals surface area contributed by atoms with Crippen LogP contribution < -0.4 is 0 Å². The van der Waals surface area contributed by atoms with Crippen molar-refractivity contribution >= 4 is 53.2 Å². The molecular weight excluding hydrogens is 403 g/mol. The van der Waals surface area contributed by atoms with E-state index in [9.17, 15) is 13.2 Å². The van der Waals surface area contributed by atoms with Crippen LogP contribution in [-0.4, -0.2) is 20.5 Å². The highest BCUT2D eigenvalue weighted by Crippen LogP contribution is 2.32. The number of hydrogen-bond acceptors (Lipinski definition) is 4. The zero-order valence-corrected chi connectivity index (χ0v) is 14.9. The number of rotatable bonds is 3. The number of benzene rings is 1. The Morgan fingerprint density at radius 3 is 2.43 bits per heavy atom. The van der Waals surface area contributed by atoms with E-state index in [-0.39, 0.29) is 26.1 Å². The highest BCUT2D eigenvalue weighted by Gasteiger charge is 2.24. The molecule has 0 aromatic heterocycles. The third-order valence-corrected chi connectivity index (χ3v) is 5.92. The van der Waals surface area contributed by atoms with E-state index in [1.165, 1.54) is 6.07 Å². The van der Waals surface area contributed by atoms with Crippen LogP contribution in [-0.2, 0) is 13.8 Å². The highest BCUT2D eigenvalue weighted by atomic mass is 79.9. The van der Waals surface area contributed by atoms with E-state index >= 15 is 0 Å². The van der Waals surface area contributed by atoms with Gasteiger partial charge in [0, 0.05) is 15.2 Å². The van der Waals surface area contributed by atoms with E-state index in [1.54, 1.807) is 0 Å². The van der Waals surface area contributed by atoms with Crippen molar-refractivity contribution in [2.45, 2.75) is 43.1 Å². The van der Waals surface area contributed by atoms with Gasteiger partial charge in [-0.05, 0) is 53.7 Å². The van der Waals surface area contributed by atoms with Crippen molar-refractivity contribution in [1.29, 1.82) is 0 Å². The Morgan fingerprint density at radius 2 is 1.86 bits per heavy atom. The first-order valence-corrected chi connectivity index (χ1v) is 9.92. The molecule has 0 saturated heterocycles. The second-order valence-electron chi connectivity index (χ2n) is 4.87. The monoisotopic (exact) mass is 414 g/mol. The van der Waals surface area contributed by atoms with Crippen molar-refractivity contribution in [1.82, 2.24) is 0 Å². The van der Waals surface area contributed by atoms with E-state index in [0.29, 0.717) is 0 Å². The number of hydrogen-bond donors (Lipinski definition) is 0. The SMILES string of the molecule is O=C(OC1CCCCC1)c1cc(S(=O)(=O)Cl)cc(Br)c1Cl. The molecule has 4 nitrogen and oxygen atoms in total. The number of carbonyl (C=O) groups is 1. The van der Waals surface area contributed by atoms with Gasteiger partial charge >= 0.3 is 5.97 Å². The molecule has 1 aliphatic carbocycles. The molecule has 0 amide bonds. The van der Waals surface area contributed by atoms with Crippen LogP contribution in [0.3, 0.4) is 0 Å². The minimum absolute atomic E-state index is 0.00385. The van der Waals surface area contributed by atoms with Crippen LogP contribution in [0.2, 0.25) is 5.02 Å². The molecule has 1 aromatic rings. The van der Waals surface area contributed by atoms with Gasteiger partial charge in [-0.1, -0.05) is 18.0 Å². The minimum Gasteiger partial charge on any atom is -0.459 e. The Balaban J connectivity index is 2.29. The topological polar surface area (TPSA) is 60.4 Å². The van der Waals surface area contributed by atoms with E-state index in [4.69, 9.17) is 27.0 Å². The second-order valence-corrected chi connectivity index (χ2v) is 8.67. The zero-order chi connectivity index (χ0) is 15.6. The van der Waals surface area contributed by atoms with E-state index in [1.807, 2.05) is 0 Å². The van der Waals surface area contributed by atoms with Gasteiger partial charge in [-0.15, -0.1) is 0 Å². The third kappa shape index (κ3) is 4.34. The first kappa shape index (κ1) is 17.1. The second kappa shape index (κ2) is 6.86. The summed E-state index contributed by atoms with van der Waals surface area (Å²) in [7, 11) is 1.35. The van der Waals surface area contributed by atoms with E-state index in [2.05, 4.69) is 15.9 Å². The molecule has 21 heavy (non-hydrogen) atoms. The highest BCUT2D eigenvalue weighted by molar-refractivity contribution is 9.10. The Kier molecular flexibility index (Phi) is 5.57. The number of carbonyl (C=O) groups excluding carboxylic acids is 1. The van der Waals surface area contributed by atoms with Crippen LogP contribution in [0.25, 0.3) is 0 Å². The number of halogens is 3. The van der Waals surface area contributed by atoms with Crippen molar-refractivity contribution in [3.63, 3.8) is 0 Å². The van der Waals surface area contributed by atoms with Gasteiger partial charge in [-0.2, -0.15) is 0 Å². The lowest BCUT2D eigenvalue weighted by atomic mass is 9.98. The van der Waals surface area contributed by atoms with Gasteiger partial charge in [0.15, 0.2) is 0 Å². The summed E-state index contributed by atoms with van der Waals surface area (Å²) >= 11 is 9.16. The average Bonchev–Trinajstić information content (AvgIpc) is 2.41. The van der Waals surface area contributed by atoms with Crippen molar-refractivity contribution in [3.8, 4) is 0 Å². The van der Waals surface area contributed by atoms with Gasteiger partial charge < -0.3 is 4.74 Å². The van der Waals surface area contributed by atoms with Gasteiger partial charge in [0.05, 0.1) is 15.5 Å². The van der Waals surface area contributed by atoms with Crippen LogP contribution in [0.1, 0.15) is 42.5 Å². The fraction of sp³-hybridized carbons (Fsp3) is 0.462. The normalized spacial score (nSPS) is 16.7. The van der Waals surface area contributed by atoms with Crippen LogP contribution in [0.4, 0.5) is 0 Å². The molecule has 1 aliphatic rings. The Labute approximate surface area is 141 Å². The summed E-state index contributed by atoms with van der Waals surface area (Å²) in [5.41, 5.74) is -0.00385. The molecule has 0 atom stereocenters. The molecule has 0 unspecified atom stereocenters. The maximum absolute atomic E-state index is 12.2. The lowest BCUT2D eigenvalue weighted by Gasteiger charge is -2.22. The molecule has 0 heterocycles. The first-order valence-electron chi connectivity index (χ1n) is 6.43. The lowest BCUT2D eigenvalue weighted by molar-refractivity contribution is 0.0211.